The highest BCUT2D eigenvalue weighted by Crippen LogP contribution is 2.25. The molecular weight excluding hydrogens is 275 g/mol. The van der Waals surface area contributed by atoms with Crippen molar-refractivity contribution in [3.05, 3.63) is 28.2 Å². The topological polar surface area (TPSA) is 50.4 Å². The highest BCUT2D eigenvalue weighted by Gasteiger charge is 2.32. The van der Waals surface area contributed by atoms with Crippen molar-refractivity contribution in [3.63, 3.8) is 0 Å². The van der Waals surface area contributed by atoms with E-state index in [2.05, 4.69) is 10.6 Å². The van der Waals surface area contributed by atoms with Crippen LogP contribution in [-0.2, 0) is 9.53 Å². The molecule has 0 aromatic heterocycles. The minimum absolute atomic E-state index is 0.0489. The summed E-state index contributed by atoms with van der Waals surface area (Å²) in [7, 11) is 1.82. The van der Waals surface area contributed by atoms with Gasteiger partial charge in [0.05, 0.1) is 29.2 Å². The van der Waals surface area contributed by atoms with Crippen LogP contribution in [0.3, 0.4) is 0 Å². The number of hydrogen-bond acceptors (Lipinski definition) is 3. The molecule has 1 aliphatic heterocycles. The minimum Gasteiger partial charge on any atom is -0.379 e. The SMILES string of the molecule is CNC1COCC1C(=O)Nc1ccc(Cl)c(Cl)c1. The fourth-order valence-electron chi connectivity index (χ4n) is 1.91. The second-order valence-electron chi connectivity index (χ2n) is 4.16. The van der Waals surface area contributed by atoms with E-state index in [0.717, 1.165) is 0 Å². The molecule has 2 unspecified atom stereocenters. The second kappa shape index (κ2) is 5.89. The van der Waals surface area contributed by atoms with Gasteiger partial charge in [-0.25, -0.2) is 0 Å². The third kappa shape index (κ3) is 2.95. The van der Waals surface area contributed by atoms with Crippen molar-refractivity contribution < 1.29 is 9.53 Å². The summed E-state index contributed by atoms with van der Waals surface area (Å²) in [5, 5.41) is 6.77. The first kappa shape index (κ1) is 13.6. The summed E-state index contributed by atoms with van der Waals surface area (Å²) < 4.78 is 5.29. The van der Waals surface area contributed by atoms with Crippen molar-refractivity contribution in [2.24, 2.45) is 5.92 Å². The zero-order chi connectivity index (χ0) is 13.1. The maximum Gasteiger partial charge on any atom is 0.231 e. The van der Waals surface area contributed by atoms with Crippen molar-refractivity contribution in [1.29, 1.82) is 0 Å². The Morgan fingerprint density at radius 3 is 2.78 bits per heavy atom. The highest BCUT2D eigenvalue weighted by molar-refractivity contribution is 6.42. The second-order valence-corrected chi connectivity index (χ2v) is 4.97. The predicted molar refractivity (Wildman–Crippen MR) is 72.2 cm³/mol. The Bertz CT molecular complexity index is 454. The predicted octanol–water partition coefficient (Wildman–Crippen LogP) is 2.17. The number of halogens is 2. The molecule has 0 radical (unpaired) electrons. The number of benzene rings is 1. The lowest BCUT2D eigenvalue weighted by molar-refractivity contribution is -0.120. The van der Waals surface area contributed by atoms with Crippen LogP contribution < -0.4 is 10.6 Å². The van der Waals surface area contributed by atoms with E-state index in [4.69, 9.17) is 27.9 Å². The van der Waals surface area contributed by atoms with Gasteiger partial charge in [-0.1, -0.05) is 23.2 Å². The molecular formula is C12H14Cl2N2O2. The van der Waals surface area contributed by atoms with Crippen LogP contribution in [0, 0.1) is 5.92 Å². The Kier molecular flexibility index (Phi) is 4.45. The molecule has 18 heavy (non-hydrogen) atoms. The lowest BCUT2D eigenvalue weighted by Gasteiger charge is -2.16. The number of amides is 1. The van der Waals surface area contributed by atoms with Gasteiger partial charge < -0.3 is 15.4 Å². The quantitative estimate of drug-likeness (QED) is 0.896. The van der Waals surface area contributed by atoms with E-state index in [1.807, 2.05) is 7.05 Å². The van der Waals surface area contributed by atoms with Gasteiger partial charge in [-0.3, -0.25) is 4.79 Å². The minimum atomic E-state index is -0.190. The Morgan fingerprint density at radius 1 is 1.33 bits per heavy atom. The average Bonchev–Trinajstić information content (AvgIpc) is 2.82. The molecule has 4 nitrogen and oxygen atoms in total. The van der Waals surface area contributed by atoms with Gasteiger partial charge in [-0.05, 0) is 25.2 Å². The summed E-state index contributed by atoms with van der Waals surface area (Å²) in [5.41, 5.74) is 0.635. The number of nitrogens with one attached hydrogen (secondary N) is 2. The van der Waals surface area contributed by atoms with E-state index < -0.39 is 0 Å². The molecule has 1 aliphatic rings. The Hall–Kier alpha value is -0.810. The fraction of sp³-hybridized carbons (Fsp3) is 0.417. The number of rotatable bonds is 3. The van der Waals surface area contributed by atoms with Gasteiger partial charge in [0.25, 0.3) is 0 Å². The van der Waals surface area contributed by atoms with Crippen molar-refractivity contribution in [1.82, 2.24) is 5.32 Å². The molecule has 1 aromatic rings. The summed E-state index contributed by atoms with van der Waals surface area (Å²) in [6.45, 7) is 0.981. The van der Waals surface area contributed by atoms with E-state index in [1.54, 1.807) is 18.2 Å². The number of carbonyl (C=O) groups excluding carboxylic acids is 1. The molecule has 1 fully saturated rings. The van der Waals surface area contributed by atoms with Gasteiger partial charge in [-0.15, -0.1) is 0 Å². The molecule has 2 N–H and O–H groups in total. The van der Waals surface area contributed by atoms with Crippen LogP contribution in [0.15, 0.2) is 18.2 Å². The maximum atomic E-state index is 12.1. The highest BCUT2D eigenvalue weighted by atomic mass is 35.5. The molecule has 2 atom stereocenters. The zero-order valence-corrected chi connectivity index (χ0v) is 11.4. The van der Waals surface area contributed by atoms with Crippen LogP contribution in [0.25, 0.3) is 0 Å². The van der Waals surface area contributed by atoms with Crippen molar-refractivity contribution >= 4 is 34.8 Å². The van der Waals surface area contributed by atoms with Crippen LogP contribution in [0.4, 0.5) is 5.69 Å². The molecule has 98 valence electrons. The van der Waals surface area contributed by atoms with Crippen LogP contribution in [-0.4, -0.2) is 32.2 Å². The van der Waals surface area contributed by atoms with Crippen LogP contribution in [0.1, 0.15) is 0 Å². The summed E-state index contributed by atoms with van der Waals surface area (Å²) >= 11 is 11.7. The summed E-state index contributed by atoms with van der Waals surface area (Å²) in [6, 6.07) is 5.05. The molecule has 0 saturated carbocycles. The Morgan fingerprint density at radius 2 is 2.11 bits per heavy atom. The van der Waals surface area contributed by atoms with Gasteiger partial charge >= 0.3 is 0 Å². The first-order valence-electron chi connectivity index (χ1n) is 5.62. The van der Waals surface area contributed by atoms with Gasteiger partial charge in [0, 0.05) is 11.7 Å². The molecule has 0 spiro atoms. The van der Waals surface area contributed by atoms with E-state index in [0.29, 0.717) is 28.9 Å². The Labute approximate surface area is 116 Å². The molecule has 6 heteroatoms. The summed E-state index contributed by atoms with van der Waals surface area (Å²) in [4.78, 5) is 12.1. The normalized spacial score (nSPS) is 23.1. The van der Waals surface area contributed by atoms with E-state index in [1.165, 1.54) is 0 Å². The average molecular weight is 289 g/mol. The van der Waals surface area contributed by atoms with Gasteiger partial charge in [0.15, 0.2) is 0 Å². The van der Waals surface area contributed by atoms with Gasteiger partial charge in [-0.2, -0.15) is 0 Å². The van der Waals surface area contributed by atoms with Crippen LogP contribution in [0.2, 0.25) is 10.0 Å². The number of anilines is 1. The fourth-order valence-corrected chi connectivity index (χ4v) is 2.20. The van der Waals surface area contributed by atoms with Gasteiger partial charge in [0.2, 0.25) is 5.91 Å². The lowest BCUT2D eigenvalue weighted by Crippen LogP contribution is -2.39. The monoisotopic (exact) mass is 288 g/mol. The van der Waals surface area contributed by atoms with E-state index in [-0.39, 0.29) is 17.9 Å². The van der Waals surface area contributed by atoms with Crippen LogP contribution >= 0.6 is 23.2 Å². The molecule has 1 saturated heterocycles. The van der Waals surface area contributed by atoms with Gasteiger partial charge in [0.1, 0.15) is 0 Å². The third-order valence-electron chi connectivity index (χ3n) is 2.98. The van der Waals surface area contributed by atoms with Crippen molar-refractivity contribution in [2.45, 2.75) is 6.04 Å². The molecule has 0 aliphatic carbocycles. The molecule has 2 rings (SSSR count). The first-order chi connectivity index (χ1) is 8.61. The summed E-state index contributed by atoms with van der Waals surface area (Å²) in [6.07, 6.45) is 0. The van der Waals surface area contributed by atoms with Crippen LogP contribution in [0.5, 0.6) is 0 Å². The lowest BCUT2D eigenvalue weighted by atomic mass is 10.0. The number of hydrogen-bond donors (Lipinski definition) is 2. The molecule has 1 aromatic carbocycles. The third-order valence-corrected chi connectivity index (χ3v) is 3.71. The maximum absolute atomic E-state index is 12.1. The number of ether oxygens (including phenoxy) is 1. The van der Waals surface area contributed by atoms with Crippen molar-refractivity contribution in [3.8, 4) is 0 Å². The number of carbonyl (C=O) groups is 1. The molecule has 0 bridgehead atoms. The summed E-state index contributed by atoms with van der Waals surface area (Å²) in [5.74, 6) is -0.269. The van der Waals surface area contributed by atoms with E-state index in [9.17, 15) is 4.79 Å². The largest absolute Gasteiger partial charge is 0.379 e. The van der Waals surface area contributed by atoms with E-state index >= 15 is 0 Å². The smallest absolute Gasteiger partial charge is 0.231 e. The first-order valence-corrected chi connectivity index (χ1v) is 6.38. The number of likely N-dealkylation sites (N-methyl/N-ethyl adjacent to an activating group) is 1. The Balaban J connectivity index is 2.04. The molecule has 1 heterocycles. The zero-order valence-electron chi connectivity index (χ0n) is 9.87. The van der Waals surface area contributed by atoms with Crippen molar-refractivity contribution in [2.75, 3.05) is 25.6 Å². The molecule has 1 amide bonds. The standard InChI is InChI=1S/C12H14Cl2N2O2/c1-15-11-6-18-5-8(11)12(17)16-7-2-3-9(13)10(14)4-7/h2-4,8,11,15H,5-6H2,1H3,(H,16,17).